The average Bonchev–Trinajstić information content (AvgIpc) is 2.32. The summed E-state index contributed by atoms with van der Waals surface area (Å²) in [5.41, 5.74) is 0. The molecule has 0 radical (unpaired) electrons. The highest BCUT2D eigenvalue weighted by molar-refractivity contribution is 6.55. The Kier molecular flexibility index (Phi) is 7.57. The van der Waals surface area contributed by atoms with Crippen molar-refractivity contribution >= 4 is 15.0 Å². The minimum atomic E-state index is -3.23. The van der Waals surface area contributed by atoms with Gasteiger partial charge in [-0.05, 0) is 6.42 Å². The van der Waals surface area contributed by atoms with Crippen molar-refractivity contribution in [1.29, 1.82) is 0 Å². The molecule has 0 fully saturated rings. The molecule has 0 bridgehead atoms. The Hall–Kier alpha value is -0.433. The second-order valence-electron chi connectivity index (χ2n) is 3.58. The summed E-state index contributed by atoms with van der Waals surface area (Å²) in [5.74, 6) is -0.488. The molecule has 96 valence electrons. The molecule has 0 amide bonds. The molecule has 0 aliphatic heterocycles. The largest absolute Gasteiger partial charge is 0.750 e. The van der Waals surface area contributed by atoms with Crippen molar-refractivity contribution in [2.24, 2.45) is 5.92 Å². The molecular weight excluding hydrogens is 228 g/mol. The van der Waals surface area contributed by atoms with Gasteiger partial charge in [0, 0.05) is 21.3 Å². The minimum Gasteiger partial charge on any atom is -0.452 e. The van der Waals surface area contributed by atoms with Gasteiger partial charge >= 0.3 is 9.05 Å². The highest BCUT2D eigenvalue weighted by atomic mass is 28.4. The predicted molar refractivity (Wildman–Crippen MR) is 61.6 cm³/mol. The van der Waals surface area contributed by atoms with Gasteiger partial charge in [0.25, 0.3) is 5.97 Å². The van der Waals surface area contributed by atoms with E-state index in [0.29, 0.717) is 0 Å². The van der Waals surface area contributed by atoms with Gasteiger partial charge in [-0.2, -0.15) is 0 Å². The molecule has 0 aromatic carbocycles. The van der Waals surface area contributed by atoms with E-state index in [1.165, 1.54) is 21.3 Å². The van der Waals surface area contributed by atoms with Gasteiger partial charge in [0.2, 0.25) is 0 Å². The van der Waals surface area contributed by atoms with E-state index in [2.05, 4.69) is 6.92 Å². The third kappa shape index (κ3) is 4.61. The van der Waals surface area contributed by atoms with Crippen LogP contribution in [-0.2, 0) is 22.5 Å². The number of carbonyl (C=O) groups is 1. The topological polar surface area (TPSA) is 54.0 Å². The Morgan fingerprint density at radius 3 is 2.06 bits per heavy atom. The number of hydrogen-bond donors (Lipinski definition) is 0. The molecule has 1 unspecified atom stereocenters. The number of rotatable bonds is 8. The van der Waals surface area contributed by atoms with E-state index in [4.69, 9.17) is 17.7 Å². The van der Waals surface area contributed by atoms with Crippen LogP contribution in [0.25, 0.3) is 0 Å². The summed E-state index contributed by atoms with van der Waals surface area (Å²) in [5, 5.41) is 0. The van der Waals surface area contributed by atoms with Crippen LogP contribution >= 0.6 is 0 Å². The maximum absolute atomic E-state index is 11.7. The van der Waals surface area contributed by atoms with Crippen molar-refractivity contribution in [2.45, 2.75) is 33.1 Å². The van der Waals surface area contributed by atoms with E-state index < -0.39 is 9.05 Å². The summed E-state index contributed by atoms with van der Waals surface area (Å²) in [6.45, 7) is 3.91. The lowest BCUT2D eigenvalue weighted by molar-refractivity contribution is -0.147. The van der Waals surface area contributed by atoms with Crippen LogP contribution in [0.15, 0.2) is 0 Å². The van der Waals surface area contributed by atoms with Crippen LogP contribution in [0.3, 0.4) is 0 Å². The number of hydrogen-bond acceptors (Lipinski definition) is 5. The Balaban J connectivity index is 4.28. The van der Waals surface area contributed by atoms with Gasteiger partial charge in [-0.25, -0.2) is 0 Å². The van der Waals surface area contributed by atoms with Crippen molar-refractivity contribution in [3.63, 3.8) is 0 Å². The van der Waals surface area contributed by atoms with Crippen molar-refractivity contribution in [3.05, 3.63) is 0 Å². The quantitative estimate of drug-likeness (QED) is 0.614. The Labute approximate surface area is 98.5 Å². The van der Waals surface area contributed by atoms with Gasteiger partial charge in [-0.15, -0.1) is 0 Å². The summed E-state index contributed by atoms with van der Waals surface area (Å²) in [4.78, 5) is 11.7. The third-order valence-corrected chi connectivity index (χ3v) is 4.32. The van der Waals surface area contributed by atoms with Crippen molar-refractivity contribution < 1.29 is 22.5 Å². The van der Waals surface area contributed by atoms with Gasteiger partial charge in [0.1, 0.15) is 0 Å². The minimum absolute atomic E-state index is 0.160. The zero-order valence-electron chi connectivity index (χ0n) is 10.7. The zero-order chi connectivity index (χ0) is 12.6. The Bertz CT molecular complexity index is 197. The first kappa shape index (κ1) is 15.6. The Morgan fingerprint density at radius 1 is 1.19 bits per heavy atom. The lowest BCUT2D eigenvalue weighted by Crippen LogP contribution is -2.48. The van der Waals surface area contributed by atoms with E-state index in [0.717, 1.165) is 19.3 Å². The maximum atomic E-state index is 11.7. The summed E-state index contributed by atoms with van der Waals surface area (Å²) >= 11 is 0. The molecule has 0 saturated heterocycles. The Morgan fingerprint density at radius 2 is 1.69 bits per heavy atom. The smallest absolute Gasteiger partial charge is 0.452 e. The fraction of sp³-hybridized carbons (Fsp3) is 0.900. The molecule has 0 saturated carbocycles. The number of unbranched alkanes of at least 4 members (excludes halogenated alkanes) is 1. The van der Waals surface area contributed by atoms with Gasteiger partial charge < -0.3 is 17.7 Å². The summed E-state index contributed by atoms with van der Waals surface area (Å²) in [6.07, 6.45) is 2.85. The fourth-order valence-electron chi connectivity index (χ4n) is 1.23. The lowest BCUT2D eigenvalue weighted by atomic mass is 10.1. The van der Waals surface area contributed by atoms with E-state index in [1.54, 1.807) is 0 Å². The standard InChI is InChI=1S/C10H22O5Si/c1-6-7-8-9(2)10(11)15-16(12-3,13-4)14-5/h9H,6-8H2,1-5H3. The van der Waals surface area contributed by atoms with Crippen LogP contribution in [0.2, 0.25) is 0 Å². The summed E-state index contributed by atoms with van der Waals surface area (Å²) in [6, 6.07) is 0. The molecule has 5 nitrogen and oxygen atoms in total. The molecule has 0 aromatic rings. The zero-order valence-corrected chi connectivity index (χ0v) is 11.7. The highest BCUT2D eigenvalue weighted by Gasteiger charge is 2.47. The number of carbonyl (C=O) groups excluding carboxylic acids is 1. The van der Waals surface area contributed by atoms with Gasteiger partial charge in [0.15, 0.2) is 0 Å². The molecular formula is C10H22O5Si. The first-order chi connectivity index (χ1) is 7.55. The second kappa shape index (κ2) is 7.78. The molecule has 0 aliphatic carbocycles. The summed E-state index contributed by atoms with van der Waals surface area (Å²) < 4.78 is 20.2. The third-order valence-electron chi connectivity index (χ3n) is 2.37. The lowest BCUT2D eigenvalue weighted by Gasteiger charge is -2.23. The predicted octanol–water partition coefficient (Wildman–Crippen LogP) is 1.73. The first-order valence-corrected chi connectivity index (χ1v) is 7.06. The molecule has 6 heteroatoms. The normalized spacial score (nSPS) is 13.6. The molecule has 16 heavy (non-hydrogen) atoms. The van der Waals surface area contributed by atoms with Crippen LogP contribution in [-0.4, -0.2) is 36.3 Å². The van der Waals surface area contributed by atoms with Crippen LogP contribution in [0.1, 0.15) is 33.1 Å². The molecule has 0 rings (SSSR count). The molecule has 0 aromatic heterocycles. The van der Waals surface area contributed by atoms with E-state index in [-0.39, 0.29) is 11.9 Å². The second-order valence-corrected chi connectivity index (χ2v) is 6.01. The van der Waals surface area contributed by atoms with Gasteiger partial charge in [-0.1, -0.05) is 26.7 Å². The highest BCUT2D eigenvalue weighted by Crippen LogP contribution is 2.15. The average molecular weight is 250 g/mol. The van der Waals surface area contributed by atoms with E-state index in [1.807, 2.05) is 6.92 Å². The molecule has 0 N–H and O–H groups in total. The van der Waals surface area contributed by atoms with Crippen LogP contribution in [0, 0.1) is 5.92 Å². The SMILES string of the molecule is CCCCC(C)C(=O)O[Si](OC)(OC)OC. The first-order valence-electron chi connectivity index (χ1n) is 5.43. The summed E-state index contributed by atoms with van der Waals surface area (Å²) in [7, 11) is 0.986. The molecule has 1 atom stereocenters. The van der Waals surface area contributed by atoms with Crippen LogP contribution < -0.4 is 0 Å². The van der Waals surface area contributed by atoms with Gasteiger partial charge in [0.05, 0.1) is 5.92 Å². The van der Waals surface area contributed by atoms with Crippen molar-refractivity contribution in [1.82, 2.24) is 0 Å². The molecule has 0 heterocycles. The van der Waals surface area contributed by atoms with E-state index >= 15 is 0 Å². The van der Waals surface area contributed by atoms with E-state index in [9.17, 15) is 4.79 Å². The van der Waals surface area contributed by atoms with Crippen LogP contribution in [0.4, 0.5) is 0 Å². The van der Waals surface area contributed by atoms with Crippen molar-refractivity contribution in [3.8, 4) is 0 Å². The fourth-order valence-corrected chi connectivity index (χ4v) is 2.42. The molecule has 0 aliphatic rings. The van der Waals surface area contributed by atoms with Crippen LogP contribution in [0.5, 0.6) is 0 Å². The van der Waals surface area contributed by atoms with Gasteiger partial charge in [-0.3, -0.25) is 4.79 Å². The monoisotopic (exact) mass is 250 g/mol. The maximum Gasteiger partial charge on any atom is 0.750 e. The van der Waals surface area contributed by atoms with Crippen molar-refractivity contribution in [2.75, 3.05) is 21.3 Å². The molecule has 0 spiro atoms.